The number of fused-ring (bicyclic) bond motifs is 8. The Kier molecular flexibility index (Phi) is 23.3. The molecule has 0 aliphatic rings. The Bertz CT molecular complexity index is 8500. The van der Waals surface area contributed by atoms with Crippen LogP contribution in [0.15, 0.2) is 266 Å². The van der Waals surface area contributed by atoms with Crippen LogP contribution in [0.25, 0.3) is 220 Å². The van der Waals surface area contributed by atoms with E-state index in [2.05, 4.69) is 213 Å². The normalized spacial score (nSPS) is 11.6. The Hall–Kier alpha value is -16.7. The standard InChI is InChI=1S/C27H23N7OS.C26H21N7OS.C25H21N7S.C24H19N7S/c1-27(2,3)26(35)30-17-9-16(11-28-12-17)15-6-7-20-18(10-15)24(34-33-20)25-31-21-14-29-13-19(23(21)32-25)22-5-4-8-36-22;1-14(2)26(34)29-17-8-16(10-27-11-17)15-5-6-20-18(9-15)24(33-32-20)25-30-21-13-28-12-19(23(21)31-25)22-4-3-7-35-22;1-2-26-10-15-8-17(12-27-11-15)16-5-6-20-18(9-16)24(32-31-20)25-29-21-14-28-13-19(23(21)30-25)22-4-3-7-33-22;1-31(2)16-8-15(10-25-11-16)14-5-6-19-17(9-14)23(30-29-19)24-27-20-13-26-12-18(22(20)28-24)21-4-3-7-32-21/h4-14H,1-3H3,(H,30,35)(H,31,32)(H,33,34);3-14H,1-2H3,(H,29,34)(H,30,31)(H,32,33);3-9,11-14,26H,2,10H2,1H3,(H,29,30)(H,31,32);3-13H,1-2H3,(H,27,28)(H,29,30). The molecule has 2 amide bonds. The van der Waals surface area contributed by atoms with Gasteiger partial charge in [0.15, 0.2) is 23.3 Å². The Morgan fingerprint density at radius 2 is 0.684 bits per heavy atom. The molecule has 34 heteroatoms. The summed E-state index contributed by atoms with van der Waals surface area (Å²) >= 11 is 6.67. The van der Waals surface area contributed by atoms with E-state index in [0.29, 0.717) is 23.0 Å². The first-order chi connectivity index (χ1) is 66.4. The number of hydrogen-bond acceptors (Lipinski definition) is 24. The molecule has 24 rings (SSSR count). The largest absolute Gasteiger partial charge is 0.376 e. The summed E-state index contributed by atoms with van der Waals surface area (Å²) < 4.78 is 0. The van der Waals surface area contributed by atoms with Gasteiger partial charge in [-0.15, -0.1) is 45.3 Å². The molecular weight excluding hydrogens is 1780 g/mol. The number of imidazole rings is 4. The number of aromatic nitrogens is 24. The number of nitrogens with one attached hydrogen (secondary N) is 11. The minimum Gasteiger partial charge on any atom is -0.376 e. The zero-order valence-electron chi connectivity index (χ0n) is 74.4. The Labute approximate surface area is 791 Å². The summed E-state index contributed by atoms with van der Waals surface area (Å²) in [5.41, 5.74) is 28.8. The molecule has 0 bridgehead atoms. The van der Waals surface area contributed by atoms with Crippen molar-refractivity contribution in [3.05, 3.63) is 272 Å². The summed E-state index contributed by atoms with van der Waals surface area (Å²) in [6.45, 7) is 13.2. The Morgan fingerprint density at radius 1 is 0.360 bits per heavy atom. The highest BCUT2D eigenvalue weighted by Gasteiger charge is 2.26. The third-order valence-electron chi connectivity index (χ3n) is 23.0. The maximum absolute atomic E-state index is 12.4. The maximum atomic E-state index is 12.4. The van der Waals surface area contributed by atoms with Crippen LogP contribution >= 0.6 is 45.3 Å². The molecule has 20 aromatic heterocycles. The lowest BCUT2D eigenvalue weighted by Crippen LogP contribution is -2.27. The van der Waals surface area contributed by atoms with Crippen LogP contribution in [0.1, 0.15) is 47.1 Å². The molecular formula is C102H84N28O2S4. The number of H-pyrrole nitrogens is 8. The van der Waals surface area contributed by atoms with Gasteiger partial charge in [-0.3, -0.25) is 69.9 Å². The van der Waals surface area contributed by atoms with E-state index in [1.165, 1.54) is 0 Å². The third-order valence-corrected chi connectivity index (χ3v) is 26.6. The van der Waals surface area contributed by atoms with E-state index >= 15 is 0 Å². The van der Waals surface area contributed by atoms with Crippen LogP contribution in [-0.2, 0) is 16.1 Å². The van der Waals surface area contributed by atoms with E-state index in [-0.39, 0.29) is 17.7 Å². The summed E-state index contributed by atoms with van der Waals surface area (Å²) in [6, 6.07) is 49.3. The lowest BCUT2D eigenvalue weighted by Gasteiger charge is -2.17. The number of amides is 2. The van der Waals surface area contributed by atoms with Gasteiger partial charge in [-0.05, 0) is 153 Å². The van der Waals surface area contributed by atoms with E-state index < -0.39 is 5.41 Å². The second-order valence-electron chi connectivity index (χ2n) is 33.9. The lowest BCUT2D eigenvalue weighted by molar-refractivity contribution is -0.123. The van der Waals surface area contributed by atoms with Gasteiger partial charge in [-0.1, -0.05) is 90.1 Å². The summed E-state index contributed by atoms with van der Waals surface area (Å²) in [4.78, 5) is 99.4. The number of rotatable bonds is 19. The number of aromatic amines is 8. The molecule has 668 valence electrons. The molecule has 4 aromatic carbocycles. The molecule has 0 unspecified atom stereocenters. The fourth-order valence-electron chi connectivity index (χ4n) is 15.9. The van der Waals surface area contributed by atoms with Crippen molar-refractivity contribution in [3.8, 4) is 132 Å². The van der Waals surface area contributed by atoms with Gasteiger partial charge in [0.1, 0.15) is 44.8 Å². The zero-order chi connectivity index (χ0) is 92.7. The lowest BCUT2D eigenvalue weighted by atomic mass is 9.95. The quantitative estimate of drug-likeness (QED) is 0.0358. The topological polar surface area (TPSA) is 406 Å². The van der Waals surface area contributed by atoms with Gasteiger partial charge in [0.2, 0.25) is 11.8 Å². The van der Waals surface area contributed by atoms with Crippen LogP contribution in [0.2, 0.25) is 0 Å². The van der Waals surface area contributed by atoms with Crippen molar-refractivity contribution in [2.75, 3.05) is 36.2 Å². The van der Waals surface area contributed by atoms with Crippen LogP contribution in [0, 0.1) is 11.3 Å². The second kappa shape index (κ2) is 36.8. The van der Waals surface area contributed by atoms with Gasteiger partial charge in [0.25, 0.3) is 0 Å². The number of benzene rings is 4. The van der Waals surface area contributed by atoms with Crippen LogP contribution in [0.4, 0.5) is 17.1 Å². The molecule has 0 fully saturated rings. The minimum absolute atomic E-state index is 0.0437. The number of anilines is 3. The molecule has 136 heavy (non-hydrogen) atoms. The van der Waals surface area contributed by atoms with Crippen molar-refractivity contribution < 1.29 is 9.59 Å². The van der Waals surface area contributed by atoms with Gasteiger partial charge in [-0.2, -0.15) is 20.4 Å². The van der Waals surface area contributed by atoms with Crippen LogP contribution in [0.3, 0.4) is 0 Å². The van der Waals surface area contributed by atoms with Crippen molar-refractivity contribution in [2.24, 2.45) is 11.3 Å². The smallest absolute Gasteiger partial charge is 0.229 e. The molecule has 0 aliphatic carbocycles. The van der Waals surface area contributed by atoms with Crippen molar-refractivity contribution in [2.45, 2.75) is 48.1 Å². The molecule has 0 atom stereocenters. The second-order valence-corrected chi connectivity index (χ2v) is 37.7. The third kappa shape index (κ3) is 17.5. The SMILES string of the molecule is CC(C)(C)C(=O)Nc1cncc(-c2ccc3[nH]nc(-c4nc5c(-c6cccs6)cncc5[nH]4)c3c2)c1.CC(C)C(=O)Nc1cncc(-c2ccc3[nH]nc(-c4nc5c(-c6cccs6)cncc5[nH]4)c3c2)c1.CCNCc1cncc(-c2ccc3[nH]nc(-c4nc5c(-c6cccs6)cncc5[nH]4)c3c2)c1.CN(C)c1cncc(-c2ccc3[nH]nc(-c4nc5c(-c6cccs6)cncc5[nH]4)c3c2)c1. The highest BCUT2D eigenvalue weighted by Crippen LogP contribution is 2.42. The van der Waals surface area contributed by atoms with Gasteiger partial charge in [0.05, 0.1) is 105 Å². The van der Waals surface area contributed by atoms with Gasteiger partial charge in [-0.25, -0.2) is 19.9 Å². The summed E-state index contributed by atoms with van der Waals surface area (Å²) in [7, 11) is 4.03. The zero-order valence-corrected chi connectivity index (χ0v) is 77.7. The number of carbonyl (C=O) groups excluding carboxylic acids is 2. The average Bonchev–Trinajstić information content (AvgIpc) is 1.63. The van der Waals surface area contributed by atoms with Crippen LogP contribution in [-0.4, -0.2) is 153 Å². The van der Waals surface area contributed by atoms with Crippen molar-refractivity contribution >= 4 is 162 Å². The number of hydrogen-bond donors (Lipinski definition) is 11. The fourth-order valence-corrected chi connectivity index (χ4v) is 18.9. The highest BCUT2D eigenvalue weighted by molar-refractivity contribution is 7.14. The molecule has 11 N–H and O–H groups in total. The molecule has 30 nitrogen and oxygen atoms in total. The molecule has 0 saturated heterocycles. The summed E-state index contributed by atoms with van der Waals surface area (Å²) in [5.74, 6) is 2.57. The maximum Gasteiger partial charge on any atom is 0.229 e. The number of thiophene rings is 4. The first-order valence-electron chi connectivity index (χ1n) is 43.7. The summed E-state index contributed by atoms with van der Waals surface area (Å²) in [6.07, 6.45) is 29.0. The Balaban J connectivity index is 0.000000109. The molecule has 0 radical (unpaired) electrons. The van der Waals surface area contributed by atoms with E-state index in [0.717, 1.165) is 233 Å². The minimum atomic E-state index is -0.494. The fraction of sp³-hybridized carbons (Fsp3) is 0.118. The molecule has 20 heterocycles. The van der Waals surface area contributed by atoms with Crippen molar-refractivity contribution in [1.82, 2.24) is 126 Å². The predicted octanol–water partition coefficient (Wildman–Crippen LogP) is 22.9. The molecule has 0 aliphatic heterocycles. The van der Waals surface area contributed by atoms with Gasteiger partial charge >= 0.3 is 0 Å². The number of nitrogens with zero attached hydrogens (tertiary/aromatic N) is 17. The van der Waals surface area contributed by atoms with Crippen molar-refractivity contribution in [3.63, 3.8) is 0 Å². The number of carbonyl (C=O) groups is 2. The average molecular weight is 1860 g/mol. The van der Waals surface area contributed by atoms with Crippen LogP contribution < -0.4 is 20.9 Å². The van der Waals surface area contributed by atoms with E-state index in [4.69, 9.17) is 19.9 Å². The van der Waals surface area contributed by atoms with E-state index in [1.807, 2.05) is 193 Å². The van der Waals surface area contributed by atoms with Crippen molar-refractivity contribution in [1.29, 1.82) is 0 Å². The van der Waals surface area contributed by atoms with Gasteiger partial charge in [0, 0.05) is 173 Å². The molecule has 24 aromatic rings. The van der Waals surface area contributed by atoms with Crippen LogP contribution in [0.5, 0.6) is 0 Å². The molecule has 0 spiro atoms. The molecule has 0 saturated carbocycles. The van der Waals surface area contributed by atoms with E-state index in [1.54, 1.807) is 82.5 Å². The number of pyridine rings is 8. The first kappa shape index (κ1) is 86.1. The van der Waals surface area contributed by atoms with E-state index in [9.17, 15) is 9.59 Å². The highest BCUT2D eigenvalue weighted by atomic mass is 32.1. The predicted molar refractivity (Wildman–Crippen MR) is 545 cm³/mol. The monoisotopic (exact) mass is 1860 g/mol. The first-order valence-corrected chi connectivity index (χ1v) is 47.2. The Morgan fingerprint density at radius 3 is 1.01 bits per heavy atom. The van der Waals surface area contributed by atoms with Gasteiger partial charge < -0.3 is 40.8 Å². The summed E-state index contributed by atoms with van der Waals surface area (Å²) in [5, 5.41) is 52.1.